The van der Waals surface area contributed by atoms with Crippen LogP contribution >= 0.6 is 11.6 Å². The number of aromatic nitrogens is 2. The summed E-state index contributed by atoms with van der Waals surface area (Å²) in [5.41, 5.74) is 2.44. The maximum atomic E-state index is 13.2. The highest BCUT2D eigenvalue weighted by Crippen LogP contribution is 2.21. The summed E-state index contributed by atoms with van der Waals surface area (Å²) >= 11 is 5.70. The molecule has 0 bridgehead atoms. The van der Waals surface area contributed by atoms with E-state index in [1.54, 1.807) is 12.1 Å². The van der Waals surface area contributed by atoms with Crippen LogP contribution in [-0.4, -0.2) is 30.2 Å². The fourth-order valence-corrected chi connectivity index (χ4v) is 2.46. The zero-order valence-corrected chi connectivity index (χ0v) is 15.5. The summed E-state index contributed by atoms with van der Waals surface area (Å²) in [5, 5.41) is 13.6. The van der Waals surface area contributed by atoms with Crippen molar-refractivity contribution in [1.82, 2.24) is 10.2 Å². The minimum atomic E-state index is -0.552. The van der Waals surface area contributed by atoms with Crippen LogP contribution in [0.2, 0.25) is 5.02 Å². The first-order valence-corrected chi connectivity index (χ1v) is 8.45. The van der Waals surface area contributed by atoms with Crippen molar-refractivity contribution in [3.05, 3.63) is 71.1 Å². The zero-order valence-electron chi connectivity index (χ0n) is 14.7. The van der Waals surface area contributed by atoms with E-state index in [1.165, 1.54) is 18.2 Å². The predicted octanol–water partition coefficient (Wildman–Crippen LogP) is 4.33. The fraction of sp³-hybridized carbons (Fsp3) is 0.105. The summed E-state index contributed by atoms with van der Waals surface area (Å²) in [7, 11) is 3.94. The minimum absolute atomic E-state index is 0.0706. The molecule has 0 aliphatic carbocycles. The average Bonchev–Trinajstić information content (AvgIpc) is 2.66. The van der Waals surface area contributed by atoms with Crippen LogP contribution in [0.4, 0.5) is 27.3 Å². The molecule has 1 aromatic heterocycles. The minimum Gasteiger partial charge on any atom is -0.378 e. The van der Waals surface area contributed by atoms with Crippen LogP contribution in [0, 0.1) is 5.82 Å². The van der Waals surface area contributed by atoms with Crippen molar-refractivity contribution in [3.8, 4) is 0 Å². The maximum absolute atomic E-state index is 13.2. The largest absolute Gasteiger partial charge is 0.378 e. The van der Waals surface area contributed by atoms with Gasteiger partial charge >= 0.3 is 0 Å². The molecule has 8 heteroatoms. The number of carbonyl (C=O) groups is 1. The first kappa shape index (κ1) is 18.6. The van der Waals surface area contributed by atoms with E-state index in [9.17, 15) is 9.18 Å². The number of hydrogen-bond donors (Lipinski definition) is 2. The average molecular weight is 386 g/mol. The number of hydrogen-bond acceptors (Lipinski definition) is 5. The molecule has 2 aromatic carbocycles. The number of amides is 1. The van der Waals surface area contributed by atoms with E-state index >= 15 is 0 Å². The van der Waals surface area contributed by atoms with Crippen LogP contribution in [0.1, 0.15) is 10.5 Å². The molecular weight excluding hydrogens is 369 g/mol. The molecule has 2 N–H and O–H groups in total. The highest BCUT2D eigenvalue weighted by atomic mass is 35.5. The van der Waals surface area contributed by atoms with Gasteiger partial charge in [-0.25, -0.2) is 4.39 Å². The van der Waals surface area contributed by atoms with E-state index in [1.807, 2.05) is 43.3 Å². The predicted molar refractivity (Wildman–Crippen MR) is 105 cm³/mol. The van der Waals surface area contributed by atoms with Gasteiger partial charge in [0.2, 0.25) is 0 Å². The smallest absolute Gasteiger partial charge is 0.276 e. The standard InChI is InChI=1S/C19H17ClFN5O/c1-26(2)14-6-3-12(4-7-14)22-18-10-9-17(24-25-18)19(27)23-13-5-8-16(21)15(20)11-13/h3-11H,1-2H3,(H,22,25)(H,23,27). The van der Waals surface area contributed by atoms with Crippen molar-refractivity contribution in [2.24, 2.45) is 0 Å². The molecule has 27 heavy (non-hydrogen) atoms. The van der Waals surface area contributed by atoms with Gasteiger partial charge in [0.05, 0.1) is 5.02 Å². The number of benzene rings is 2. The van der Waals surface area contributed by atoms with Crippen molar-refractivity contribution < 1.29 is 9.18 Å². The van der Waals surface area contributed by atoms with Crippen molar-refractivity contribution >= 4 is 40.4 Å². The lowest BCUT2D eigenvalue weighted by Crippen LogP contribution is -2.14. The van der Waals surface area contributed by atoms with Crippen LogP contribution in [0.15, 0.2) is 54.6 Å². The molecule has 1 amide bonds. The van der Waals surface area contributed by atoms with Crippen LogP contribution in [-0.2, 0) is 0 Å². The number of nitrogens with one attached hydrogen (secondary N) is 2. The lowest BCUT2D eigenvalue weighted by molar-refractivity contribution is 0.102. The Morgan fingerprint density at radius 2 is 1.70 bits per heavy atom. The molecule has 0 aliphatic rings. The Kier molecular flexibility index (Phi) is 5.52. The van der Waals surface area contributed by atoms with Crippen molar-refractivity contribution in [2.75, 3.05) is 29.6 Å². The molecule has 0 fully saturated rings. The molecule has 3 rings (SSSR count). The van der Waals surface area contributed by atoms with Gasteiger partial charge in [0.1, 0.15) is 5.82 Å². The molecule has 1 heterocycles. The van der Waals surface area contributed by atoms with Crippen LogP contribution in [0.25, 0.3) is 0 Å². The van der Waals surface area contributed by atoms with Crippen molar-refractivity contribution in [2.45, 2.75) is 0 Å². The van der Waals surface area contributed by atoms with Gasteiger partial charge in [-0.3, -0.25) is 4.79 Å². The van der Waals surface area contributed by atoms with Gasteiger partial charge in [-0.2, -0.15) is 0 Å². The van der Waals surface area contributed by atoms with E-state index in [4.69, 9.17) is 11.6 Å². The monoisotopic (exact) mass is 385 g/mol. The lowest BCUT2D eigenvalue weighted by Gasteiger charge is -2.13. The molecular formula is C19H17ClFN5O. The summed E-state index contributed by atoms with van der Waals surface area (Å²) in [6, 6.07) is 14.9. The molecule has 0 saturated carbocycles. The van der Waals surface area contributed by atoms with Crippen LogP contribution in [0.5, 0.6) is 0 Å². The Hall–Kier alpha value is -3.19. The fourth-order valence-electron chi connectivity index (χ4n) is 2.28. The summed E-state index contributed by atoms with van der Waals surface area (Å²) in [6.07, 6.45) is 0. The Bertz CT molecular complexity index is 945. The number of nitrogens with zero attached hydrogens (tertiary/aromatic N) is 3. The number of carbonyl (C=O) groups excluding carboxylic acids is 1. The summed E-state index contributed by atoms with van der Waals surface area (Å²) in [5.74, 6) is -0.510. The molecule has 6 nitrogen and oxygen atoms in total. The highest BCUT2D eigenvalue weighted by Gasteiger charge is 2.10. The molecule has 0 radical (unpaired) electrons. The van der Waals surface area contributed by atoms with Gasteiger partial charge in [-0.05, 0) is 54.6 Å². The first-order valence-electron chi connectivity index (χ1n) is 8.07. The maximum Gasteiger partial charge on any atom is 0.276 e. The third-order valence-electron chi connectivity index (χ3n) is 3.73. The van der Waals surface area contributed by atoms with Gasteiger partial charge in [-0.1, -0.05) is 11.6 Å². The number of halogens is 2. The molecule has 0 aliphatic heterocycles. The molecule has 0 spiro atoms. The number of rotatable bonds is 5. The van der Waals surface area contributed by atoms with Gasteiger partial charge in [0.15, 0.2) is 11.5 Å². The van der Waals surface area contributed by atoms with Gasteiger partial charge in [0, 0.05) is 31.2 Å². The van der Waals surface area contributed by atoms with E-state index in [0.717, 1.165) is 11.4 Å². The van der Waals surface area contributed by atoms with E-state index < -0.39 is 11.7 Å². The van der Waals surface area contributed by atoms with Gasteiger partial charge < -0.3 is 15.5 Å². The lowest BCUT2D eigenvalue weighted by atomic mass is 10.2. The normalized spacial score (nSPS) is 10.4. The van der Waals surface area contributed by atoms with Gasteiger partial charge in [0.25, 0.3) is 5.91 Å². The Labute approximate surface area is 161 Å². The zero-order chi connectivity index (χ0) is 19.4. The Balaban J connectivity index is 1.65. The highest BCUT2D eigenvalue weighted by molar-refractivity contribution is 6.31. The quantitative estimate of drug-likeness (QED) is 0.684. The van der Waals surface area contributed by atoms with Crippen molar-refractivity contribution in [1.29, 1.82) is 0 Å². The topological polar surface area (TPSA) is 70.2 Å². The third kappa shape index (κ3) is 4.71. The van der Waals surface area contributed by atoms with Crippen LogP contribution in [0.3, 0.4) is 0 Å². The summed E-state index contributed by atoms with van der Waals surface area (Å²) in [6.45, 7) is 0. The summed E-state index contributed by atoms with van der Waals surface area (Å²) in [4.78, 5) is 14.2. The second-order valence-corrected chi connectivity index (χ2v) is 6.36. The Morgan fingerprint density at radius 1 is 1.00 bits per heavy atom. The van der Waals surface area contributed by atoms with Crippen LogP contribution < -0.4 is 15.5 Å². The summed E-state index contributed by atoms with van der Waals surface area (Å²) < 4.78 is 13.2. The number of anilines is 4. The molecule has 3 aromatic rings. The Morgan fingerprint density at radius 3 is 2.30 bits per heavy atom. The molecule has 0 unspecified atom stereocenters. The van der Waals surface area contributed by atoms with E-state index in [-0.39, 0.29) is 10.7 Å². The molecule has 138 valence electrons. The van der Waals surface area contributed by atoms with Gasteiger partial charge in [-0.15, -0.1) is 10.2 Å². The molecule has 0 atom stereocenters. The van der Waals surface area contributed by atoms with E-state index in [0.29, 0.717) is 11.5 Å². The first-order chi connectivity index (χ1) is 12.9. The SMILES string of the molecule is CN(C)c1ccc(Nc2ccc(C(=O)Nc3ccc(F)c(Cl)c3)nn2)cc1. The molecule has 0 saturated heterocycles. The second kappa shape index (κ2) is 8.01. The van der Waals surface area contributed by atoms with Crippen molar-refractivity contribution in [3.63, 3.8) is 0 Å². The second-order valence-electron chi connectivity index (χ2n) is 5.95. The van der Waals surface area contributed by atoms with E-state index in [2.05, 4.69) is 20.8 Å². The third-order valence-corrected chi connectivity index (χ3v) is 4.02.